The van der Waals surface area contributed by atoms with Crippen molar-refractivity contribution in [3.63, 3.8) is 0 Å². The quantitative estimate of drug-likeness (QED) is 0.815. The monoisotopic (exact) mass is 247 g/mol. The van der Waals surface area contributed by atoms with Crippen molar-refractivity contribution in [3.05, 3.63) is 23.8 Å². The lowest BCUT2D eigenvalue weighted by Crippen LogP contribution is -2.35. The summed E-state index contributed by atoms with van der Waals surface area (Å²) in [4.78, 5) is 0. The molecule has 2 N–H and O–H groups in total. The van der Waals surface area contributed by atoms with Crippen LogP contribution >= 0.6 is 0 Å². The average molecular weight is 247 g/mol. The van der Waals surface area contributed by atoms with Gasteiger partial charge in [-0.25, -0.2) is 0 Å². The van der Waals surface area contributed by atoms with Crippen LogP contribution in [0.25, 0.3) is 0 Å². The lowest BCUT2D eigenvalue weighted by Gasteiger charge is -2.39. The molecule has 2 atom stereocenters. The van der Waals surface area contributed by atoms with Gasteiger partial charge in [0.05, 0.1) is 0 Å². The first-order valence-corrected chi connectivity index (χ1v) is 6.92. The number of aryl methyl sites for hydroxylation is 1. The number of hydrogen-bond donors (Lipinski definition) is 2. The Morgan fingerprint density at radius 2 is 2.00 bits per heavy atom. The molecular weight excluding hydrogens is 222 g/mol. The van der Waals surface area contributed by atoms with Crippen molar-refractivity contribution in [1.29, 1.82) is 0 Å². The van der Waals surface area contributed by atoms with Gasteiger partial charge in [-0.1, -0.05) is 26.8 Å². The number of aromatic hydroxyl groups is 1. The van der Waals surface area contributed by atoms with Crippen LogP contribution in [0, 0.1) is 18.3 Å². The van der Waals surface area contributed by atoms with E-state index in [9.17, 15) is 5.11 Å². The largest absolute Gasteiger partial charge is 0.508 e. The minimum Gasteiger partial charge on any atom is -0.508 e. The van der Waals surface area contributed by atoms with E-state index in [2.05, 4.69) is 32.2 Å². The molecule has 0 heterocycles. The number of hydrogen-bond acceptors (Lipinski definition) is 2. The van der Waals surface area contributed by atoms with E-state index in [0.717, 1.165) is 17.2 Å². The Bertz CT molecular complexity index is 425. The summed E-state index contributed by atoms with van der Waals surface area (Å²) in [6, 6.07) is 6.38. The van der Waals surface area contributed by atoms with E-state index in [1.54, 1.807) is 0 Å². The van der Waals surface area contributed by atoms with Gasteiger partial charge in [-0.15, -0.1) is 0 Å². The number of phenolic OH excluding ortho intramolecular Hbond substituents is 1. The summed E-state index contributed by atoms with van der Waals surface area (Å²) in [7, 11) is 0. The van der Waals surface area contributed by atoms with E-state index >= 15 is 0 Å². The van der Waals surface area contributed by atoms with Gasteiger partial charge >= 0.3 is 0 Å². The zero-order valence-electron chi connectivity index (χ0n) is 12.0. The summed E-state index contributed by atoms with van der Waals surface area (Å²) >= 11 is 0. The maximum absolute atomic E-state index is 9.74. The van der Waals surface area contributed by atoms with Crippen molar-refractivity contribution in [3.8, 4) is 5.75 Å². The molecule has 0 bridgehead atoms. The highest BCUT2D eigenvalue weighted by Crippen LogP contribution is 2.39. The third-order valence-electron chi connectivity index (χ3n) is 3.97. The van der Waals surface area contributed by atoms with E-state index in [-0.39, 0.29) is 0 Å². The fourth-order valence-electron chi connectivity index (χ4n) is 3.39. The summed E-state index contributed by atoms with van der Waals surface area (Å²) in [5.74, 6) is 1.15. The second kappa shape index (κ2) is 4.83. The molecule has 2 unspecified atom stereocenters. The lowest BCUT2D eigenvalue weighted by molar-refractivity contribution is 0.178. The molecule has 0 aromatic heterocycles. The number of nitrogens with one attached hydrogen (secondary N) is 1. The van der Waals surface area contributed by atoms with Gasteiger partial charge in [0.2, 0.25) is 0 Å². The molecule has 1 aliphatic rings. The lowest BCUT2D eigenvalue weighted by atomic mass is 9.70. The Hall–Kier alpha value is -1.18. The van der Waals surface area contributed by atoms with Crippen molar-refractivity contribution < 1.29 is 5.11 Å². The molecular formula is C16H25NO. The molecule has 1 fully saturated rings. The van der Waals surface area contributed by atoms with Crippen molar-refractivity contribution in [2.75, 3.05) is 5.32 Å². The molecule has 100 valence electrons. The molecule has 18 heavy (non-hydrogen) atoms. The van der Waals surface area contributed by atoms with Gasteiger partial charge in [-0.05, 0) is 49.1 Å². The van der Waals surface area contributed by atoms with Gasteiger partial charge in [0.1, 0.15) is 5.75 Å². The average Bonchev–Trinajstić information content (AvgIpc) is 2.20. The van der Waals surface area contributed by atoms with Gasteiger partial charge in [-0.3, -0.25) is 0 Å². The summed E-state index contributed by atoms with van der Waals surface area (Å²) in [5, 5.41) is 13.3. The van der Waals surface area contributed by atoms with Crippen molar-refractivity contribution in [2.24, 2.45) is 11.3 Å². The smallest absolute Gasteiger partial charge is 0.120 e. The van der Waals surface area contributed by atoms with Gasteiger partial charge in [0.15, 0.2) is 0 Å². The first kappa shape index (κ1) is 13.3. The maximum Gasteiger partial charge on any atom is 0.120 e. The second-order valence-electron chi connectivity index (χ2n) is 6.76. The van der Waals surface area contributed by atoms with Crippen LogP contribution in [0.3, 0.4) is 0 Å². The molecule has 1 aliphatic carbocycles. The van der Waals surface area contributed by atoms with Crippen molar-refractivity contribution >= 4 is 5.69 Å². The third kappa shape index (κ3) is 3.18. The summed E-state index contributed by atoms with van der Waals surface area (Å²) < 4.78 is 0. The van der Waals surface area contributed by atoms with Crippen LogP contribution in [-0.2, 0) is 0 Å². The molecule has 2 rings (SSSR count). The highest BCUT2D eigenvalue weighted by molar-refractivity contribution is 5.51. The highest BCUT2D eigenvalue weighted by Gasteiger charge is 2.31. The summed E-state index contributed by atoms with van der Waals surface area (Å²) in [6.07, 6.45) is 3.73. The molecule has 0 saturated heterocycles. The molecule has 0 aliphatic heterocycles. The number of rotatable bonds is 2. The fraction of sp³-hybridized carbons (Fsp3) is 0.625. The first-order chi connectivity index (χ1) is 8.35. The molecule has 0 spiro atoms. The van der Waals surface area contributed by atoms with Crippen molar-refractivity contribution in [1.82, 2.24) is 0 Å². The van der Waals surface area contributed by atoms with Crippen LogP contribution in [-0.4, -0.2) is 11.1 Å². The minimum atomic E-state index is 0.378. The third-order valence-corrected chi connectivity index (χ3v) is 3.97. The number of anilines is 1. The summed E-state index contributed by atoms with van der Waals surface area (Å²) in [5.41, 5.74) is 2.38. The normalized spacial score (nSPS) is 26.9. The molecule has 1 saturated carbocycles. The van der Waals surface area contributed by atoms with Crippen LogP contribution in [0.2, 0.25) is 0 Å². The molecule has 1 aromatic rings. The Kier molecular flexibility index (Phi) is 3.56. The molecule has 0 radical (unpaired) electrons. The predicted molar refractivity (Wildman–Crippen MR) is 77.1 cm³/mol. The SMILES string of the molecule is Cc1ccc(NC2CC(C)CC(C)(C)C2)cc1O. The second-order valence-corrected chi connectivity index (χ2v) is 6.76. The van der Waals surface area contributed by atoms with E-state index in [1.165, 1.54) is 19.3 Å². The van der Waals surface area contributed by atoms with E-state index in [0.29, 0.717) is 17.2 Å². The number of benzene rings is 1. The standard InChI is InChI=1S/C16H25NO/c1-11-7-14(10-16(3,4)9-11)17-13-6-5-12(2)15(18)8-13/h5-6,8,11,14,17-18H,7,9-10H2,1-4H3. The fourth-order valence-corrected chi connectivity index (χ4v) is 3.39. The Labute approximate surface area is 110 Å². The first-order valence-electron chi connectivity index (χ1n) is 6.92. The summed E-state index contributed by atoms with van der Waals surface area (Å²) in [6.45, 7) is 8.96. The Morgan fingerprint density at radius 1 is 1.28 bits per heavy atom. The van der Waals surface area contributed by atoms with Gasteiger partial charge in [0, 0.05) is 17.8 Å². The van der Waals surface area contributed by atoms with Gasteiger partial charge in [0.25, 0.3) is 0 Å². The minimum absolute atomic E-state index is 0.378. The van der Waals surface area contributed by atoms with Crippen LogP contribution < -0.4 is 5.32 Å². The van der Waals surface area contributed by atoms with Crippen LogP contribution in [0.15, 0.2) is 18.2 Å². The van der Waals surface area contributed by atoms with Gasteiger partial charge in [-0.2, -0.15) is 0 Å². The highest BCUT2D eigenvalue weighted by atomic mass is 16.3. The van der Waals surface area contributed by atoms with Crippen LogP contribution in [0.1, 0.15) is 45.6 Å². The van der Waals surface area contributed by atoms with E-state index in [1.807, 2.05) is 19.1 Å². The molecule has 2 heteroatoms. The van der Waals surface area contributed by atoms with Gasteiger partial charge < -0.3 is 10.4 Å². The molecule has 2 nitrogen and oxygen atoms in total. The maximum atomic E-state index is 9.74. The van der Waals surface area contributed by atoms with Crippen LogP contribution in [0.5, 0.6) is 5.75 Å². The topological polar surface area (TPSA) is 32.3 Å². The Morgan fingerprint density at radius 3 is 2.61 bits per heavy atom. The van der Waals surface area contributed by atoms with E-state index < -0.39 is 0 Å². The number of phenols is 1. The predicted octanol–water partition coefficient (Wildman–Crippen LogP) is 4.33. The zero-order valence-corrected chi connectivity index (χ0v) is 12.0. The van der Waals surface area contributed by atoms with Crippen molar-refractivity contribution in [2.45, 2.75) is 53.0 Å². The molecule has 0 amide bonds. The molecule has 1 aromatic carbocycles. The Balaban J connectivity index is 2.06. The zero-order chi connectivity index (χ0) is 13.3. The van der Waals surface area contributed by atoms with E-state index in [4.69, 9.17) is 0 Å². The van der Waals surface area contributed by atoms with Crippen LogP contribution in [0.4, 0.5) is 5.69 Å².